The Balaban J connectivity index is 2.09. The summed E-state index contributed by atoms with van der Waals surface area (Å²) in [5.41, 5.74) is 7.99. The zero-order valence-electron chi connectivity index (χ0n) is 9.78. The summed E-state index contributed by atoms with van der Waals surface area (Å²) in [4.78, 5) is 3.93. The van der Waals surface area contributed by atoms with E-state index in [2.05, 4.69) is 15.5 Å². The van der Waals surface area contributed by atoms with Crippen LogP contribution >= 0.6 is 33.9 Å². The van der Waals surface area contributed by atoms with Crippen LogP contribution in [-0.4, -0.2) is 11.2 Å². The average molecular weight is 412 g/mol. The molecule has 4 nitrogen and oxygen atoms in total. The van der Waals surface area contributed by atoms with Crippen molar-refractivity contribution in [1.29, 1.82) is 0 Å². The van der Waals surface area contributed by atoms with Gasteiger partial charge in [0.25, 0.3) is 0 Å². The molecule has 0 radical (unpaired) electrons. The Hall–Kier alpha value is -1.36. The van der Waals surface area contributed by atoms with Crippen LogP contribution < -0.4 is 11.2 Å². The minimum absolute atomic E-state index is 0.123. The van der Waals surface area contributed by atoms with Gasteiger partial charge in [0.1, 0.15) is 5.82 Å². The van der Waals surface area contributed by atoms with Crippen LogP contribution in [0.15, 0.2) is 28.7 Å². The summed E-state index contributed by atoms with van der Waals surface area (Å²) < 4.78 is 37.9. The summed E-state index contributed by atoms with van der Waals surface area (Å²) in [7, 11) is 0. The molecule has 0 aliphatic carbocycles. The van der Waals surface area contributed by atoms with Crippen molar-refractivity contribution in [3.05, 3.63) is 38.3 Å². The number of nitrogen functional groups attached to an aromatic ring is 1. The Kier molecular flexibility index (Phi) is 4.48. The van der Waals surface area contributed by atoms with Crippen LogP contribution in [0.1, 0.15) is 11.1 Å². The zero-order chi connectivity index (χ0) is 14.8. The van der Waals surface area contributed by atoms with Crippen molar-refractivity contribution in [1.82, 2.24) is 4.98 Å². The molecular weight excluding hydrogens is 404 g/mol. The lowest BCUT2D eigenvalue weighted by molar-refractivity contribution is -0.138. The number of anilines is 2. The van der Waals surface area contributed by atoms with Crippen molar-refractivity contribution in [2.45, 2.75) is 6.18 Å². The standard InChI is InChI=1S/C11H8F3IN4S/c12-11(13,14)7-2-1-6(3-8(7)15)4-17-19-10-18-9(16)5-20-10/h1-5H,16H2,(H,18,19). The van der Waals surface area contributed by atoms with Gasteiger partial charge in [0.05, 0.1) is 11.8 Å². The lowest BCUT2D eigenvalue weighted by Gasteiger charge is -2.09. The van der Waals surface area contributed by atoms with E-state index in [1.807, 2.05) is 0 Å². The number of rotatable bonds is 3. The second-order valence-electron chi connectivity index (χ2n) is 3.68. The topological polar surface area (TPSA) is 63.3 Å². The molecule has 0 saturated carbocycles. The van der Waals surface area contributed by atoms with Crippen LogP contribution in [0.2, 0.25) is 0 Å². The lowest BCUT2D eigenvalue weighted by Crippen LogP contribution is -2.07. The number of aromatic nitrogens is 1. The van der Waals surface area contributed by atoms with Crippen molar-refractivity contribution >= 4 is 51.1 Å². The fraction of sp³-hybridized carbons (Fsp3) is 0.0909. The Labute approximate surface area is 130 Å². The fourth-order valence-corrected chi connectivity index (χ4v) is 2.73. The molecule has 0 spiro atoms. The van der Waals surface area contributed by atoms with Crippen LogP contribution in [0, 0.1) is 3.57 Å². The lowest BCUT2D eigenvalue weighted by atomic mass is 10.1. The largest absolute Gasteiger partial charge is 0.417 e. The molecule has 0 bridgehead atoms. The monoisotopic (exact) mass is 412 g/mol. The highest BCUT2D eigenvalue weighted by atomic mass is 127. The maximum atomic E-state index is 12.6. The summed E-state index contributed by atoms with van der Waals surface area (Å²) in [6.45, 7) is 0. The van der Waals surface area contributed by atoms with Crippen molar-refractivity contribution in [3.63, 3.8) is 0 Å². The number of nitrogens with two attached hydrogens (primary N) is 1. The third-order valence-electron chi connectivity index (χ3n) is 2.19. The Morgan fingerprint density at radius 2 is 2.15 bits per heavy atom. The number of alkyl halides is 3. The number of nitrogens with zero attached hydrogens (tertiary/aromatic N) is 2. The first kappa shape index (κ1) is 15.0. The van der Waals surface area contributed by atoms with Crippen molar-refractivity contribution in [3.8, 4) is 0 Å². The van der Waals surface area contributed by atoms with E-state index >= 15 is 0 Å². The van der Waals surface area contributed by atoms with E-state index in [-0.39, 0.29) is 3.57 Å². The van der Waals surface area contributed by atoms with Gasteiger partial charge in [0.15, 0.2) is 0 Å². The summed E-state index contributed by atoms with van der Waals surface area (Å²) in [5.74, 6) is 0.386. The van der Waals surface area contributed by atoms with E-state index in [9.17, 15) is 13.2 Å². The number of nitrogens with one attached hydrogen (secondary N) is 1. The van der Waals surface area contributed by atoms with Crippen LogP contribution in [-0.2, 0) is 6.18 Å². The number of hydrogen-bond donors (Lipinski definition) is 2. The summed E-state index contributed by atoms with van der Waals surface area (Å²) in [5, 5.41) is 6.06. The SMILES string of the molecule is Nc1csc(NN=Cc2ccc(C(F)(F)F)c(I)c2)n1. The molecule has 1 heterocycles. The number of halogens is 4. The molecule has 106 valence electrons. The first-order valence-electron chi connectivity index (χ1n) is 5.23. The maximum Gasteiger partial charge on any atom is 0.417 e. The summed E-state index contributed by atoms with van der Waals surface area (Å²) in [6, 6.07) is 3.79. The van der Waals surface area contributed by atoms with E-state index in [0.717, 1.165) is 6.07 Å². The molecular formula is C11H8F3IN4S. The number of hydrogen-bond acceptors (Lipinski definition) is 5. The molecule has 0 aliphatic heterocycles. The van der Waals surface area contributed by atoms with Crippen molar-refractivity contribution < 1.29 is 13.2 Å². The van der Waals surface area contributed by atoms with Gasteiger partial charge >= 0.3 is 6.18 Å². The van der Waals surface area contributed by atoms with Crippen molar-refractivity contribution in [2.24, 2.45) is 5.10 Å². The third-order valence-corrected chi connectivity index (χ3v) is 3.85. The quantitative estimate of drug-likeness (QED) is 0.458. The molecule has 1 aromatic carbocycles. The second kappa shape index (κ2) is 5.95. The Morgan fingerprint density at radius 3 is 2.70 bits per heavy atom. The zero-order valence-corrected chi connectivity index (χ0v) is 12.8. The fourth-order valence-electron chi connectivity index (χ4n) is 1.34. The number of thiazole rings is 1. The van der Waals surface area contributed by atoms with Crippen molar-refractivity contribution in [2.75, 3.05) is 11.2 Å². The minimum atomic E-state index is -4.34. The molecule has 0 aliphatic rings. The Bertz CT molecular complexity index is 639. The van der Waals surface area contributed by atoms with Gasteiger partial charge in [-0.05, 0) is 40.3 Å². The maximum absolute atomic E-state index is 12.6. The normalized spacial score (nSPS) is 12.0. The van der Waals surface area contributed by atoms with Gasteiger partial charge in [0.2, 0.25) is 5.13 Å². The molecule has 0 unspecified atom stereocenters. The predicted octanol–water partition coefficient (Wildman–Crippen LogP) is 3.79. The molecule has 9 heteroatoms. The van der Waals surface area contributed by atoms with Gasteiger partial charge in [-0.25, -0.2) is 4.98 Å². The highest BCUT2D eigenvalue weighted by molar-refractivity contribution is 14.1. The van der Waals surface area contributed by atoms with E-state index in [1.165, 1.54) is 29.7 Å². The number of benzene rings is 1. The average Bonchev–Trinajstić information content (AvgIpc) is 2.73. The second-order valence-corrected chi connectivity index (χ2v) is 5.70. The molecule has 0 atom stereocenters. The molecule has 3 N–H and O–H groups in total. The van der Waals surface area contributed by atoms with E-state index in [1.54, 1.807) is 28.0 Å². The molecule has 0 fully saturated rings. The van der Waals surface area contributed by atoms with Gasteiger partial charge < -0.3 is 5.73 Å². The molecule has 1 aromatic heterocycles. The van der Waals surface area contributed by atoms with Gasteiger partial charge in [-0.15, -0.1) is 11.3 Å². The van der Waals surface area contributed by atoms with Crippen LogP contribution in [0.4, 0.5) is 24.1 Å². The van der Waals surface area contributed by atoms with Crippen LogP contribution in [0.5, 0.6) is 0 Å². The first-order chi connectivity index (χ1) is 9.36. The molecule has 0 amide bonds. The molecule has 2 aromatic rings. The highest BCUT2D eigenvalue weighted by Crippen LogP contribution is 2.32. The van der Waals surface area contributed by atoms with E-state index in [0.29, 0.717) is 16.5 Å². The first-order valence-corrected chi connectivity index (χ1v) is 7.19. The molecule has 0 saturated heterocycles. The summed E-state index contributed by atoms with van der Waals surface area (Å²) in [6.07, 6.45) is -2.93. The Morgan fingerprint density at radius 1 is 1.40 bits per heavy atom. The third kappa shape index (κ3) is 3.82. The van der Waals surface area contributed by atoms with Crippen LogP contribution in [0.25, 0.3) is 0 Å². The predicted molar refractivity (Wildman–Crippen MR) is 81.9 cm³/mol. The summed E-state index contributed by atoms with van der Waals surface area (Å²) >= 11 is 2.93. The van der Waals surface area contributed by atoms with Crippen LogP contribution in [0.3, 0.4) is 0 Å². The van der Waals surface area contributed by atoms with Gasteiger partial charge in [-0.2, -0.15) is 18.3 Å². The number of hydrazone groups is 1. The van der Waals surface area contributed by atoms with E-state index in [4.69, 9.17) is 5.73 Å². The molecule has 20 heavy (non-hydrogen) atoms. The van der Waals surface area contributed by atoms with Gasteiger partial charge in [0, 0.05) is 8.95 Å². The van der Waals surface area contributed by atoms with Gasteiger partial charge in [-0.1, -0.05) is 6.07 Å². The van der Waals surface area contributed by atoms with Gasteiger partial charge in [-0.3, -0.25) is 5.43 Å². The molecule has 2 rings (SSSR count). The highest BCUT2D eigenvalue weighted by Gasteiger charge is 2.32. The minimum Gasteiger partial charge on any atom is -0.383 e. The van der Waals surface area contributed by atoms with E-state index < -0.39 is 11.7 Å². The smallest absolute Gasteiger partial charge is 0.383 e.